The van der Waals surface area contributed by atoms with E-state index in [2.05, 4.69) is 25.5 Å². The molecule has 4 rings (SSSR count). The normalized spacial score (nSPS) is 11.6. The molecule has 0 radical (unpaired) electrons. The number of nitrogens with zero attached hydrogens (tertiary/aromatic N) is 4. The maximum absolute atomic E-state index is 6.19. The minimum atomic E-state index is 0.423. The van der Waals surface area contributed by atoms with Gasteiger partial charge in [-0.2, -0.15) is 5.10 Å². The van der Waals surface area contributed by atoms with Gasteiger partial charge in [0.15, 0.2) is 0 Å². The first-order valence-corrected chi connectivity index (χ1v) is 8.82. The van der Waals surface area contributed by atoms with E-state index < -0.39 is 0 Å². The van der Waals surface area contributed by atoms with Gasteiger partial charge in [-0.05, 0) is 31.2 Å². The summed E-state index contributed by atoms with van der Waals surface area (Å²) in [4.78, 5) is 13.4. The molecule has 0 unspecified atom stereocenters. The molecule has 0 atom stereocenters. The summed E-state index contributed by atoms with van der Waals surface area (Å²) in [6.45, 7) is 1.91. The van der Waals surface area contributed by atoms with Crippen LogP contribution in [0.4, 0.5) is 5.95 Å². The lowest BCUT2D eigenvalue weighted by Gasteiger charge is -2.09. The zero-order valence-electron chi connectivity index (χ0n) is 14.6. The third-order valence-corrected chi connectivity index (χ3v) is 4.34. The standard InChI is InChI=1S/C21H16ClN5/c1-14(16-8-5-11-23-13-16)26-27-21-24-19-10-9-17(22)12-18(19)20(25-21)15-6-3-2-4-7-15/h2-13H,1H3,(H,24,25,27). The summed E-state index contributed by atoms with van der Waals surface area (Å²) in [5.74, 6) is 0.423. The average molecular weight is 374 g/mol. The molecular formula is C21H16ClN5. The number of benzene rings is 2. The molecule has 5 nitrogen and oxygen atoms in total. The second kappa shape index (κ2) is 7.51. The van der Waals surface area contributed by atoms with E-state index in [0.29, 0.717) is 11.0 Å². The van der Waals surface area contributed by atoms with Gasteiger partial charge in [-0.15, -0.1) is 0 Å². The molecule has 4 aromatic rings. The largest absolute Gasteiger partial charge is 0.264 e. The third kappa shape index (κ3) is 3.78. The van der Waals surface area contributed by atoms with Gasteiger partial charge in [-0.3, -0.25) is 4.98 Å². The third-order valence-electron chi connectivity index (χ3n) is 4.11. The van der Waals surface area contributed by atoms with Gasteiger partial charge in [-0.1, -0.05) is 48.0 Å². The van der Waals surface area contributed by atoms with Gasteiger partial charge in [0, 0.05) is 33.9 Å². The Kier molecular flexibility index (Phi) is 4.77. The van der Waals surface area contributed by atoms with E-state index in [1.165, 1.54) is 0 Å². The molecule has 6 heteroatoms. The Bertz CT molecular complexity index is 1110. The molecule has 2 aromatic heterocycles. The molecule has 0 fully saturated rings. The van der Waals surface area contributed by atoms with Crippen LogP contribution in [0.1, 0.15) is 12.5 Å². The van der Waals surface area contributed by atoms with Crippen molar-refractivity contribution in [2.45, 2.75) is 6.92 Å². The highest BCUT2D eigenvalue weighted by molar-refractivity contribution is 6.31. The minimum absolute atomic E-state index is 0.423. The Hall–Kier alpha value is -3.31. The van der Waals surface area contributed by atoms with Crippen LogP contribution < -0.4 is 5.43 Å². The Balaban J connectivity index is 1.77. The van der Waals surface area contributed by atoms with Gasteiger partial charge >= 0.3 is 0 Å². The van der Waals surface area contributed by atoms with Crippen molar-refractivity contribution in [1.82, 2.24) is 15.0 Å². The van der Waals surface area contributed by atoms with Crippen LogP contribution in [0.5, 0.6) is 0 Å². The first-order valence-electron chi connectivity index (χ1n) is 8.44. The lowest BCUT2D eigenvalue weighted by molar-refractivity contribution is 1.15. The zero-order chi connectivity index (χ0) is 18.6. The van der Waals surface area contributed by atoms with Gasteiger partial charge in [0.2, 0.25) is 5.95 Å². The van der Waals surface area contributed by atoms with E-state index in [1.807, 2.05) is 67.6 Å². The quantitative estimate of drug-likeness (QED) is 0.395. The Morgan fingerprint density at radius 1 is 1.00 bits per heavy atom. The molecule has 0 amide bonds. The highest BCUT2D eigenvalue weighted by atomic mass is 35.5. The summed E-state index contributed by atoms with van der Waals surface area (Å²) in [5.41, 5.74) is 7.28. The predicted octanol–water partition coefficient (Wildman–Crippen LogP) is 5.18. The van der Waals surface area contributed by atoms with Gasteiger partial charge in [0.25, 0.3) is 0 Å². The smallest absolute Gasteiger partial charge is 0.244 e. The van der Waals surface area contributed by atoms with E-state index in [0.717, 1.165) is 33.4 Å². The number of halogens is 1. The lowest BCUT2D eigenvalue weighted by Crippen LogP contribution is -2.03. The van der Waals surface area contributed by atoms with Gasteiger partial charge in [0.1, 0.15) is 0 Å². The van der Waals surface area contributed by atoms with E-state index in [-0.39, 0.29) is 0 Å². The van der Waals surface area contributed by atoms with Crippen LogP contribution in [-0.4, -0.2) is 20.7 Å². The van der Waals surface area contributed by atoms with Gasteiger partial charge in [0.05, 0.1) is 16.9 Å². The number of hydrogen-bond donors (Lipinski definition) is 1. The maximum atomic E-state index is 6.19. The molecule has 1 N–H and O–H groups in total. The van der Waals surface area contributed by atoms with Crippen molar-refractivity contribution in [1.29, 1.82) is 0 Å². The summed E-state index contributed by atoms with van der Waals surface area (Å²) in [5, 5.41) is 5.94. The Morgan fingerprint density at radius 3 is 2.63 bits per heavy atom. The highest BCUT2D eigenvalue weighted by Gasteiger charge is 2.10. The van der Waals surface area contributed by atoms with Gasteiger partial charge < -0.3 is 0 Å². The molecule has 0 aliphatic rings. The monoisotopic (exact) mass is 373 g/mol. The number of rotatable bonds is 4. The number of aromatic nitrogens is 3. The van der Waals surface area contributed by atoms with Crippen molar-refractivity contribution in [3.05, 3.63) is 83.6 Å². The molecule has 27 heavy (non-hydrogen) atoms. The molecule has 0 saturated carbocycles. The van der Waals surface area contributed by atoms with Crippen LogP contribution >= 0.6 is 11.6 Å². The molecular weight excluding hydrogens is 358 g/mol. The van der Waals surface area contributed by atoms with Crippen LogP contribution in [0.25, 0.3) is 22.2 Å². The first-order chi connectivity index (χ1) is 13.2. The molecule has 2 heterocycles. The fourth-order valence-electron chi connectivity index (χ4n) is 2.74. The minimum Gasteiger partial charge on any atom is -0.264 e. The van der Waals surface area contributed by atoms with Crippen LogP contribution in [0.2, 0.25) is 5.02 Å². The van der Waals surface area contributed by atoms with E-state index in [4.69, 9.17) is 11.6 Å². The highest BCUT2D eigenvalue weighted by Crippen LogP contribution is 2.29. The van der Waals surface area contributed by atoms with Crippen molar-refractivity contribution < 1.29 is 0 Å². The van der Waals surface area contributed by atoms with Crippen LogP contribution in [0, 0.1) is 0 Å². The van der Waals surface area contributed by atoms with Crippen LogP contribution in [0.3, 0.4) is 0 Å². The Labute approximate surface area is 161 Å². The fraction of sp³-hybridized carbons (Fsp3) is 0.0476. The second-order valence-corrected chi connectivity index (χ2v) is 6.41. The summed E-state index contributed by atoms with van der Waals surface area (Å²) in [7, 11) is 0. The molecule has 0 aliphatic carbocycles. The summed E-state index contributed by atoms with van der Waals surface area (Å²) in [6, 6.07) is 19.4. The number of pyridine rings is 1. The maximum Gasteiger partial charge on any atom is 0.244 e. The number of hydrogen-bond acceptors (Lipinski definition) is 5. The molecule has 0 spiro atoms. The topological polar surface area (TPSA) is 63.1 Å². The van der Waals surface area contributed by atoms with E-state index >= 15 is 0 Å². The molecule has 0 bridgehead atoms. The number of hydrazone groups is 1. The number of anilines is 1. The van der Waals surface area contributed by atoms with Crippen LogP contribution in [-0.2, 0) is 0 Å². The molecule has 0 aliphatic heterocycles. The summed E-state index contributed by atoms with van der Waals surface area (Å²) >= 11 is 6.19. The number of fused-ring (bicyclic) bond motifs is 1. The molecule has 132 valence electrons. The van der Waals surface area contributed by atoms with Crippen molar-refractivity contribution >= 4 is 34.2 Å². The van der Waals surface area contributed by atoms with Crippen molar-refractivity contribution in [2.24, 2.45) is 5.10 Å². The average Bonchev–Trinajstić information content (AvgIpc) is 2.73. The second-order valence-electron chi connectivity index (χ2n) is 5.97. The fourth-order valence-corrected chi connectivity index (χ4v) is 2.91. The van der Waals surface area contributed by atoms with Gasteiger partial charge in [-0.25, -0.2) is 15.4 Å². The van der Waals surface area contributed by atoms with E-state index in [9.17, 15) is 0 Å². The summed E-state index contributed by atoms with van der Waals surface area (Å²) < 4.78 is 0. The van der Waals surface area contributed by atoms with Crippen molar-refractivity contribution in [2.75, 3.05) is 5.43 Å². The predicted molar refractivity (Wildman–Crippen MR) is 110 cm³/mol. The number of nitrogens with one attached hydrogen (secondary N) is 1. The lowest BCUT2D eigenvalue weighted by atomic mass is 10.1. The van der Waals surface area contributed by atoms with Crippen molar-refractivity contribution in [3.8, 4) is 11.3 Å². The molecule has 0 saturated heterocycles. The zero-order valence-corrected chi connectivity index (χ0v) is 15.4. The Morgan fingerprint density at radius 2 is 1.85 bits per heavy atom. The first kappa shape index (κ1) is 17.1. The summed E-state index contributed by atoms with van der Waals surface area (Å²) in [6.07, 6.45) is 3.49. The SMILES string of the molecule is CC(=NNc1nc(-c2ccccc2)c2cc(Cl)ccc2n1)c1cccnc1. The molecule has 2 aromatic carbocycles. The van der Waals surface area contributed by atoms with Crippen LogP contribution in [0.15, 0.2) is 78.2 Å². The van der Waals surface area contributed by atoms with E-state index in [1.54, 1.807) is 12.4 Å². The van der Waals surface area contributed by atoms with Crippen molar-refractivity contribution in [3.63, 3.8) is 0 Å².